The minimum Gasteiger partial charge on any atom is -0.456 e. The molecule has 9 aromatic rings. The van der Waals surface area contributed by atoms with E-state index < -0.39 is 0 Å². The van der Waals surface area contributed by atoms with Gasteiger partial charge in [0, 0.05) is 27.5 Å². The first-order valence-electron chi connectivity index (χ1n) is 16.4. The van der Waals surface area contributed by atoms with Crippen molar-refractivity contribution in [3.05, 3.63) is 176 Å². The molecule has 0 aliphatic rings. The van der Waals surface area contributed by atoms with Crippen LogP contribution >= 0.6 is 0 Å². The average molecular weight is 628 g/mol. The minimum atomic E-state index is 0.601. The third-order valence-corrected chi connectivity index (χ3v) is 8.93. The molecule has 2 heterocycles. The van der Waals surface area contributed by atoms with E-state index in [0.717, 1.165) is 72.0 Å². The van der Waals surface area contributed by atoms with Crippen LogP contribution in [0, 0.1) is 0 Å². The molecule has 0 aliphatic heterocycles. The van der Waals surface area contributed by atoms with Crippen LogP contribution in [0.3, 0.4) is 0 Å². The van der Waals surface area contributed by atoms with Gasteiger partial charge < -0.3 is 4.42 Å². The summed E-state index contributed by atoms with van der Waals surface area (Å²) in [4.78, 5) is 15.3. The zero-order valence-corrected chi connectivity index (χ0v) is 26.5. The van der Waals surface area contributed by atoms with E-state index in [1.54, 1.807) is 0 Å². The molecule has 0 atom stereocenters. The van der Waals surface area contributed by atoms with Crippen molar-refractivity contribution in [2.45, 2.75) is 0 Å². The zero-order valence-electron chi connectivity index (χ0n) is 26.5. The highest BCUT2D eigenvalue weighted by Crippen LogP contribution is 2.38. The Labute approximate surface area is 284 Å². The Balaban J connectivity index is 1.24. The number of aromatic nitrogens is 3. The van der Waals surface area contributed by atoms with Gasteiger partial charge in [-0.25, -0.2) is 15.0 Å². The van der Waals surface area contributed by atoms with Crippen LogP contribution in [0.2, 0.25) is 0 Å². The Morgan fingerprint density at radius 2 is 0.755 bits per heavy atom. The Hall–Kier alpha value is -6.65. The van der Waals surface area contributed by atoms with E-state index in [1.807, 2.05) is 42.5 Å². The zero-order chi connectivity index (χ0) is 32.6. The second-order valence-electron chi connectivity index (χ2n) is 12.1. The summed E-state index contributed by atoms with van der Waals surface area (Å²) in [6.45, 7) is 0. The second-order valence-corrected chi connectivity index (χ2v) is 12.1. The van der Waals surface area contributed by atoms with E-state index in [1.165, 1.54) is 0 Å². The fourth-order valence-electron chi connectivity index (χ4n) is 6.52. The highest BCUT2D eigenvalue weighted by atomic mass is 16.3. The molecule has 0 spiro atoms. The van der Waals surface area contributed by atoms with Crippen molar-refractivity contribution in [2.75, 3.05) is 0 Å². The van der Waals surface area contributed by atoms with Gasteiger partial charge >= 0.3 is 0 Å². The molecule has 49 heavy (non-hydrogen) atoms. The Kier molecular flexibility index (Phi) is 7.10. The number of nitrogens with zero attached hydrogens (tertiary/aromatic N) is 3. The van der Waals surface area contributed by atoms with E-state index in [0.29, 0.717) is 17.5 Å². The van der Waals surface area contributed by atoms with Crippen molar-refractivity contribution < 1.29 is 4.42 Å². The number of hydrogen-bond acceptors (Lipinski definition) is 4. The third kappa shape index (κ3) is 5.45. The summed E-state index contributed by atoms with van der Waals surface area (Å²) >= 11 is 0. The maximum absolute atomic E-state index is 6.35. The van der Waals surface area contributed by atoms with Crippen molar-refractivity contribution in [1.29, 1.82) is 0 Å². The molecule has 230 valence electrons. The Bertz CT molecular complexity index is 2490. The van der Waals surface area contributed by atoms with Crippen LogP contribution < -0.4 is 0 Å². The summed E-state index contributed by atoms with van der Waals surface area (Å²) in [5.41, 5.74) is 11.2. The van der Waals surface area contributed by atoms with E-state index in [9.17, 15) is 0 Å². The van der Waals surface area contributed by atoms with Gasteiger partial charge in [0.1, 0.15) is 11.2 Å². The summed E-state index contributed by atoms with van der Waals surface area (Å²) in [5, 5.41) is 2.10. The summed E-state index contributed by atoms with van der Waals surface area (Å²) in [6, 6.07) is 60.4. The first-order valence-corrected chi connectivity index (χ1v) is 16.4. The van der Waals surface area contributed by atoms with Gasteiger partial charge in [0.05, 0.1) is 0 Å². The molecule has 0 N–H and O–H groups in total. The van der Waals surface area contributed by atoms with E-state index in [4.69, 9.17) is 19.4 Å². The predicted molar refractivity (Wildman–Crippen MR) is 200 cm³/mol. The molecule has 0 radical (unpaired) electrons. The first-order chi connectivity index (χ1) is 24.3. The molecular formula is C45H29N3O. The normalized spacial score (nSPS) is 11.3. The molecule has 0 unspecified atom stereocenters. The molecule has 0 saturated carbocycles. The lowest BCUT2D eigenvalue weighted by atomic mass is 9.98. The summed E-state index contributed by atoms with van der Waals surface area (Å²) in [7, 11) is 0. The molecule has 0 amide bonds. The van der Waals surface area contributed by atoms with Gasteiger partial charge in [0.2, 0.25) is 0 Å². The largest absolute Gasteiger partial charge is 0.456 e. The highest BCUT2D eigenvalue weighted by Gasteiger charge is 2.17. The average Bonchev–Trinajstić information content (AvgIpc) is 3.57. The monoisotopic (exact) mass is 627 g/mol. The number of hydrogen-bond donors (Lipinski definition) is 0. The van der Waals surface area contributed by atoms with Gasteiger partial charge in [-0.15, -0.1) is 0 Å². The van der Waals surface area contributed by atoms with Crippen LogP contribution in [0.4, 0.5) is 0 Å². The molecule has 0 saturated heterocycles. The van der Waals surface area contributed by atoms with E-state index in [2.05, 4.69) is 133 Å². The molecule has 4 nitrogen and oxygen atoms in total. The first kappa shape index (κ1) is 28.6. The summed E-state index contributed by atoms with van der Waals surface area (Å²) < 4.78 is 6.35. The Morgan fingerprint density at radius 1 is 0.306 bits per heavy atom. The predicted octanol–water partition coefficient (Wildman–Crippen LogP) is 11.8. The SMILES string of the molecule is c1ccc(-c2cccc(-c3nc(-c4cccc(-c5ccccc5)c4)nc(-c4ccc5oc6cccc(-c7ccccc7)c6c5c4)n3)c2)cc1. The van der Waals surface area contributed by atoms with Crippen molar-refractivity contribution in [3.8, 4) is 67.5 Å². The van der Waals surface area contributed by atoms with Crippen molar-refractivity contribution in [3.63, 3.8) is 0 Å². The molecule has 0 aliphatic carbocycles. The van der Waals surface area contributed by atoms with E-state index in [-0.39, 0.29) is 0 Å². The summed E-state index contributed by atoms with van der Waals surface area (Å²) in [6.07, 6.45) is 0. The number of benzene rings is 7. The van der Waals surface area contributed by atoms with Gasteiger partial charge in [0.25, 0.3) is 0 Å². The number of furan rings is 1. The third-order valence-electron chi connectivity index (χ3n) is 8.93. The maximum atomic E-state index is 6.35. The molecular weight excluding hydrogens is 599 g/mol. The lowest BCUT2D eigenvalue weighted by Gasteiger charge is -2.11. The van der Waals surface area contributed by atoms with Crippen LogP contribution in [0.5, 0.6) is 0 Å². The molecule has 9 rings (SSSR count). The smallest absolute Gasteiger partial charge is 0.164 e. The van der Waals surface area contributed by atoms with Crippen LogP contribution in [0.25, 0.3) is 89.5 Å². The van der Waals surface area contributed by atoms with Crippen LogP contribution in [-0.4, -0.2) is 15.0 Å². The molecule has 2 aromatic heterocycles. The minimum absolute atomic E-state index is 0.601. The Morgan fingerprint density at radius 3 is 1.31 bits per heavy atom. The van der Waals surface area contributed by atoms with Crippen LogP contribution in [-0.2, 0) is 0 Å². The van der Waals surface area contributed by atoms with Gasteiger partial charge in [-0.05, 0) is 69.8 Å². The summed E-state index contributed by atoms with van der Waals surface area (Å²) in [5.74, 6) is 1.83. The number of fused-ring (bicyclic) bond motifs is 3. The fourth-order valence-corrected chi connectivity index (χ4v) is 6.52. The van der Waals surface area contributed by atoms with Crippen molar-refractivity contribution >= 4 is 21.9 Å². The van der Waals surface area contributed by atoms with E-state index >= 15 is 0 Å². The van der Waals surface area contributed by atoms with Crippen molar-refractivity contribution in [2.24, 2.45) is 0 Å². The van der Waals surface area contributed by atoms with Gasteiger partial charge in [-0.1, -0.05) is 140 Å². The standard InChI is InChI=1S/C45H29N3O/c1-4-13-30(14-5-1)33-19-10-21-35(27-33)43-46-44(36-22-11-20-34(28-36)31-15-6-2-7-16-31)48-45(47-43)37-25-26-40-39(29-37)42-38(23-12-24-41(42)49-40)32-17-8-3-9-18-32/h1-29H. The second kappa shape index (κ2) is 12.2. The van der Waals surface area contributed by atoms with Gasteiger partial charge in [-0.3, -0.25) is 0 Å². The molecule has 4 heteroatoms. The molecule has 0 fully saturated rings. The maximum Gasteiger partial charge on any atom is 0.164 e. The number of rotatable bonds is 6. The molecule has 7 aromatic carbocycles. The lowest BCUT2D eigenvalue weighted by molar-refractivity contribution is 0.669. The highest BCUT2D eigenvalue weighted by molar-refractivity contribution is 6.13. The van der Waals surface area contributed by atoms with Crippen LogP contribution in [0.15, 0.2) is 180 Å². The van der Waals surface area contributed by atoms with Crippen molar-refractivity contribution in [1.82, 2.24) is 15.0 Å². The lowest BCUT2D eigenvalue weighted by Crippen LogP contribution is -2.00. The fraction of sp³-hybridized carbons (Fsp3) is 0. The molecule has 0 bridgehead atoms. The van der Waals surface area contributed by atoms with Crippen LogP contribution in [0.1, 0.15) is 0 Å². The topological polar surface area (TPSA) is 51.8 Å². The van der Waals surface area contributed by atoms with Gasteiger partial charge in [0.15, 0.2) is 17.5 Å². The quantitative estimate of drug-likeness (QED) is 0.184. The van der Waals surface area contributed by atoms with Gasteiger partial charge in [-0.2, -0.15) is 0 Å².